The second-order valence-electron chi connectivity index (χ2n) is 13.2. The van der Waals surface area contributed by atoms with Crippen LogP contribution in [0.4, 0.5) is 0 Å². The Labute approximate surface area is 307 Å². The molecule has 15 heteroatoms. The first-order chi connectivity index (χ1) is 25.3. The van der Waals surface area contributed by atoms with Crippen LogP contribution >= 0.6 is 0 Å². The molecule has 2 unspecified atom stereocenters. The number of unbranched alkanes of at least 4 members (excludes halogenated alkanes) is 18. The topological polar surface area (TPSA) is 196 Å². The van der Waals surface area contributed by atoms with Gasteiger partial charge in [0.05, 0.1) is 40.1 Å². The van der Waals surface area contributed by atoms with Crippen molar-refractivity contribution < 1.29 is 71.8 Å². The fraction of sp³-hybridized carbons (Fsp3) is 0.838. The average Bonchev–Trinajstić information content (AvgIpc) is 3.73. The highest BCUT2D eigenvalue weighted by Gasteiger charge is 2.52. The van der Waals surface area contributed by atoms with Crippen LogP contribution in [0.3, 0.4) is 0 Å². The van der Waals surface area contributed by atoms with Crippen LogP contribution in [0.15, 0.2) is 0 Å². The minimum atomic E-state index is -1.18. The predicted molar refractivity (Wildman–Crippen MR) is 184 cm³/mol. The molecule has 2 rings (SSSR count). The molecular weight excluding hydrogens is 684 g/mol. The van der Waals surface area contributed by atoms with Crippen molar-refractivity contribution in [3.63, 3.8) is 0 Å². The Balaban J connectivity index is 1.34. The smallest absolute Gasteiger partial charge is 0.417 e. The second-order valence-corrected chi connectivity index (χ2v) is 13.2. The van der Waals surface area contributed by atoms with Crippen molar-refractivity contribution in [3.8, 4) is 0 Å². The molecule has 2 aliphatic rings. The van der Waals surface area contributed by atoms with E-state index < -0.39 is 60.2 Å². The van der Waals surface area contributed by atoms with Gasteiger partial charge in [0.15, 0.2) is 12.2 Å². The number of fused-ring (bicyclic) bond motifs is 1. The molecule has 0 aromatic carbocycles. The molecule has 0 radical (unpaired) electrons. The number of methoxy groups -OCH3 is 1. The third kappa shape index (κ3) is 19.0. The van der Waals surface area contributed by atoms with Gasteiger partial charge in [-0.15, -0.1) is 0 Å². The summed E-state index contributed by atoms with van der Waals surface area (Å²) < 4.78 is 40.6. The number of hydrogen-bond acceptors (Lipinski definition) is 15. The normalized spacial score (nSPS) is 19.0. The third-order valence-corrected chi connectivity index (χ3v) is 8.96. The summed E-state index contributed by atoms with van der Waals surface area (Å²) in [6.07, 6.45) is 16.8. The zero-order valence-electron chi connectivity index (χ0n) is 30.9. The molecule has 1 N–H and O–H groups in total. The Hall–Kier alpha value is -3.30. The summed E-state index contributed by atoms with van der Waals surface area (Å²) in [7, 11) is 1.05. The molecule has 2 aliphatic heterocycles. The molecule has 0 amide bonds. The Morgan fingerprint density at radius 1 is 0.442 bits per heavy atom. The molecule has 0 aromatic rings. The van der Waals surface area contributed by atoms with Gasteiger partial charge >= 0.3 is 35.8 Å². The number of hydrogen-bond donors (Lipinski definition) is 1. The van der Waals surface area contributed by atoms with E-state index in [0.717, 1.165) is 97.0 Å². The molecular formula is C37H60O15. The van der Waals surface area contributed by atoms with Gasteiger partial charge in [0.1, 0.15) is 12.2 Å². The van der Waals surface area contributed by atoms with Gasteiger partial charge in [-0.1, -0.05) is 103 Å². The molecule has 15 nitrogen and oxygen atoms in total. The molecule has 298 valence electrons. The number of aliphatic hydroxyl groups excluding tert-OH is 1. The van der Waals surface area contributed by atoms with E-state index in [4.69, 9.17) is 38.3 Å². The van der Waals surface area contributed by atoms with Gasteiger partial charge in [-0.25, -0.2) is 28.8 Å². The quantitative estimate of drug-likeness (QED) is 0.0543. The summed E-state index contributed by atoms with van der Waals surface area (Å²) in [5, 5.41) is 8.77. The maximum atomic E-state index is 12.2. The molecule has 0 saturated carbocycles. The number of ether oxygens (including phenoxy) is 8. The van der Waals surface area contributed by atoms with Crippen molar-refractivity contribution in [3.05, 3.63) is 0 Å². The van der Waals surface area contributed by atoms with E-state index in [-0.39, 0.29) is 39.6 Å². The summed E-state index contributed by atoms with van der Waals surface area (Å²) in [4.78, 5) is 70.8. The van der Waals surface area contributed by atoms with E-state index in [9.17, 15) is 28.8 Å². The summed E-state index contributed by atoms with van der Waals surface area (Å²) in [6.45, 7) is 0.693. The lowest BCUT2D eigenvalue weighted by atomic mass is 10.1. The fourth-order valence-electron chi connectivity index (χ4n) is 6.00. The molecule has 0 bridgehead atoms. The highest BCUT2D eigenvalue weighted by Crippen LogP contribution is 2.31. The lowest BCUT2D eigenvalue weighted by Gasteiger charge is -2.16. The minimum absolute atomic E-state index is 0.0631. The predicted octanol–water partition coefficient (Wildman–Crippen LogP) is 4.20. The highest BCUT2D eigenvalue weighted by atomic mass is 16.7. The second kappa shape index (κ2) is 28.2. The monoisotopic (exact) mass is 744 g/mol. The van der Waals surface area contributed by atoms with E-state index in [0.29, 0.717) is 12.8 Å². The van der Waals surface area contributed by atoms with Crippen LogP contribution in [0.2, 0.25) is 0 Å². The van der Waals surface area contributed by atoms with Crippen LogP contribution in [0.5, 0.6) is 0 Å². The number of carbonyl (C=O) groups is 6. The molecule has 2 saturated heterocycles. The summed E-state index contributed by atoms with van der Waals surface area (Å²) in [5.41, 5.74) is 0. The van der Waals surface area contributed by atoms with Gasteiger partial charge in [0.25, 0.3) is 0 Å². The fourth-order valence-corrected chi connectivity index (χ4v) is 6.00. The highest BCUT2D eigenvalue weighted by molar-refractivity contribution is 6.30. The standard InChI is InChI=1S/C37H60O15/c1-45-32(39)36(43)51-28-26-49-31-29(27-50-30(28)31)52-37(44)35(42)48-25-21-17-13-9-5-4-8-12-16-20-24-47-34(41)33(40)46-23-19-15-11-7-3-2-6-10-14-18-22-38/h28-31,38H,2-27H2,1H3/t28-,29-,30?,31?/m1/s1. The van der Waals surface area contributed by atoms with Gasteiger partial charge in [0.2, 0.25) is 0 Å². The van der Waals surface area contributed by atoms with Crippen LogP contribution in [-0.4, -0.2) is 112 Å². The van der Waals surface area contributed by atoms with E-state index in [1.54, 1.807) is 0 Å². The van der Waals surface area contributed by atoms with Crippen molar-refractivity contribution in [1.82, 2.24) is 0 Å². The van der Waals surface area contributed by atoms with Crippen LogP contribution < -0.4 is 0 Å². The molecule has 2 fully saturated rings. The Kier molecular flexibility index (Phi) is 24.4. The van der Waals surface area contributed by atoms with Crippen LogP contribution in [0, 0.1) is 0 Å². The Bertz CT molecular complexity index is 1060. The van der Waals surface area contributed by atoms with Crippen molar-refractivity contribution in [2.75, 3.05) is 46.8 Å². The lowest BCUT2D eigenvalue weighted by Crippen LogP contribution is -2.38. The number of rotatable bonds is 27. The summed E-state index contributed by atoms with van der Waals surface area (Å²) in [5.74, 6) is -6.44. The molecule has 0 spiro atoms. The lowest BCUT2D eigenvalue weighted by molar-refractivity contribution is -0.174. The van der Waals surface area contributed by atoms with Crippen molar-refractivity contribution in [1.29, 1.82) is 0 Å². The summed E-state index contributed by atoms with van der Waals surface area (Å²) >= 11 is 0. The molecule has 4 atom stereocenters. The zero-order chi connectivity index (χ0) is 37.8. The molecule has 0 aromatic heterocycles. The van der Waals surface area contributed by atoms with Crippen molar-refractivity contribution >= 4 is 35.8 Å². The van der Waals surface area contributed by atoms with Gasteiger partial charge in [0, 0.05) is 6.61 Å². The number of aliphatic hydroxyl groups is 1. The first kappa shape index (κ1) is 44.9. The van der Waals surface area contributed by atoms with E-state index in [1.165, 1.54) is 25.7 Å². The molecule has 52 heavy (non-hydrogen) atoms. The maximum absolute atomic E-state index is 12.2. The van der Waals surface area contributed by atoms with E-state index >= 15 is 0 Å². The largest absolute Gasteiger partial charge is 0.461 e. The molecule has 2 heterocycles. The zero-order valence-corrected chi connectivity index (χ0v) is 30.9. The first-order valence-corrected chi connectivity index (χ1v) is 19.1. The minimum Gasteiger partial charge on any atom is -0.461 e. The van der Waals surface area contributed by atoms with Crippen LogP contribution in [-0.2, 0) is 66.7 Å². The number of carbonyl (C=O) groups excluding carboxylic acids is 6. The first-order valence-electron chi connectivity index (χ1n) is 19.1. The van der Waals surface area contributed by atoms with E-state index in [2.05, 4.69) is 4.74 Å². The van der Waals surface area contributed by atoms with Crippen LogP contribution in [0.25, 0.3) is 0 Å². The van der Waals surface area contributed by atoms with Crippen LogP contribution in [0.1, 0.15) is 128 Å². The average molecular weight is 745 g/mol. The maximum Gasteiger partial charge on any atom is 0.417 e. The third-order valence-electron chi connectivity index (χ3n) is 8.96. The molecule has 0 aliphatic carbocycles. The van der Waals surface area contributed by atoms with E-state index in [1.807, 2.05) is 0 Å². The van der Waals surface area contributed by atoms with Gasteiger partial charge in [-0.3, -0.25) is 0 Å². The summed E-state index contributed by atoms with van der Waals surface area (Å²) in [6, 6.07) is 0. The van der Waals surface area contributed by atoms with Gasteiger partial charge < -0.3 is 43.0 Å². The van der Waals surface area contributed by atoms with Crippen molar-refractivity contribution in [2.24, 2.45) is 0 Å². The van der Waals surface area contributed by atoms with Gasteiger partial charge in [-0.2, -0.15) is 0 Å². The Morgan fingerprint density at radius 2 is 0.731 bits per heavy atom. The van der Waals surface area contributed by atoms with Crippen molar-refractivity contribution in [2.45, 2.75) is 153 Å². The SMILES string of the molecule is COC(=O)C(=O)O[C@@H]1COC2C1OC[C@H]2OC(=O)C(=O)OCCCCCCCCCCCCOC(=O)C(=O)OCCCCCCCCCCCCO. The number of esters is 6. The van der Waals surface area contributed by atoms with Gasteiger partial charge in [-0.05, 0) is 25.7 Å². The Morgan fingerprint density at radius 3 is 1.06 bits per heavy atom.